The first-order valence-electron chi connectivity index (χ1n) is 11.2. The van der Waals surface area contributed by atoms with E-state index < -0.39 is 5.60 Å². The van der Waals surface area contributed by atoms with Crippen molar-refractivity contribution in [2.24, 2.45) is 0 Å². The highest BCUT2D eigenvalue weighted by Crippen LogP contribution is 2.17. The number of aliphatic hydroxyl groups is 1. The van der Waals surface area contributed by atoms with Crippen molar-refractivity contribution in [3.63, 3.8) is 0 Å². The molecule has 0 bridgehead atoms. The summed E-state index contributed by atoms with van der Waals surface area (Å²) in [5.74, 6) is 21.3. The van der Waals surface area contributed by atoms with Crippen molar-refractivity contribution >= 4 is 0 Å². The number of hydrogen-bond donors (Lipinski definition) is 1. The van der Waals surface area contributed by atoms with Crippen LogP contribution in [-0.4, -0.2) is 20.7 Å². The van der Waals surface area contributed by atoms with Gasteiger partial charge in [-0.25, -0.2) is 9.97 Å². The van der Waals surface area contributed by atoms with Gasteiger partial charge in [0.2, 0.25) is 0 Å². The number of pyridine rings is 2. The molecule has 0 amide bonds. The van der Waals surface area contributed by atoms with Crippen molar-refractivity contribution in [1.82, 2.24) is 9.97 Å². The molecule has 2 aromatic heterocycles. The lowest BCUT2D eigenvalue weighted by Crippen LogP contribution is -2.14. The minimum Gasteiger partial charge on any atom is -0.378 e. The highest BCUT2D eigenvalue weighted by Gasteiger charge is 2.06. The van der Waals surface area contributed by atoms with E-state index in [4.69, 9.17) is 6.42 Å². The molecule has 0 radical (unpaired) electrons. The van der Waals surface area contributed by atoms with Crippen LogP contribution in [-0.2, 0) is 0 Å². The summed E-state index contributed by atoms with van der Waals surface area (Å²) in [5, 5.41) is 9.74. The summed E-state index contributed by atoms with van der Waals surface area (Å²) in [6, 6.07) is 7.40. The molecule has 33 heavy (non-hydrogen) atoms. The molecule has 0 aliphatic heterocycles. The van der Waals surface area contributed by atoms with Gasteiger partial charge in [-0.2, -0.15) is 0 Å². The Morgan fingerprint density at radius 1 is 0.848 bits per heavy atom. The summed E-state index contributed by atoms with van der Waals surface area (Å²) in [6.45, 7) is 7.61. The summed E-state index contributed by atoms with van der Waals surface area (Å²) in [6.07, 6.45) is 13.6. The molecule has 2 rings (SSSR count). The van der Waals surface area contributed by atoms with Gasteiger partial charge in [0, 0.05) is 34.7 Å². The summed E-state index contributed by atoms with van der Waals surface area (Å²) in [7, 11) is 0. The molecule has 0 aliphatic rings. The summed E-state index contributed by atoms with van der Waals surface area (Å²) in [4.78, 5) is 8.62. The van der Waals surface area contributed by atoms with Crippen molar-refractivity contribution in [2.75, 3.05) is 0 Å². The van der Waals surface area contributed by atoms with Gasteiger partial charge in [-0.3, -0.25) is 0 Å². The maximum Gasteiger partial charge on any atom is 0.120 e. The Morgan fingerprint density at radius 3 is 2.00 bits per heavy atom. The highest BCUT2D eigenvalue weighted by atomic mass is 16.3. The summed E-state index contributed by atoms with van der Waals surface area (Å²) < 4.78 is 0. The minimum atomic E-state index is -1.03. The fourth-order valence-electron chi connectivity index (χ4n) is 2.79. The molecule has 2 heterocycles. The largest absolute Gasteiger partial charge is 0.378 e. The van der Waals surface area contributed by atoms with Crippen LogP contribution in [0.5, 0.6) is 0 Å². The van der Waals surface area contributed by atoms with Crippen LogP contribution in [0.1, 0.15) is 82.3 Å². The van der Waals surface area contributed by atoms with Gasteiger partial charge in [0.25, 0.3) is 0 Å². The number of hydrogen-bond acceptors (Lipinski definition) is 3. The second kappa shape index (κ2) is 12.9. The lowest BCUT2D eigenvalue weighted by Gasteiger charge is -2.05. The number of unbranched alkanes of at least 4 members (excludes halogenated alkanes) is 1. The van der Waals surface area contributed by atoms with Crippen molar-refractivity contribution in [3.8, 4) is 47.9 Å². The first-order valence-corrected chi connectivity index (χ1v) is 11.2. The molecule has 0 fully saturated rings. The SMILES string of the molecule is C#Cc1ccc(C#C/C(CCC)=C(/C#Cc2ccc(C#CC(C)(C)O)cn2)CCCC)cn1. The van der Waals surface area contributed by atoms with Gasteiger partial charge in [-0.1, -0.05) is 62.2 Å². The molecule has 1 N–H and O–H groups in total. The Balaban J connectivity index is 2.35. The molecule has 3 heteroatoms. The molecule has 0 aromatic carbocycles. The van der Waals surface area contributed by atoms with Crippen LogP contribution in [0.4, 0.5) is 0 Å². The van der Waals surface area contributed by atoms with E-state index in [9.17, 15) is 5.11 Å². The molecule has 3 nitrogen and oxygen atoms in total. The van der Waals surface area contributed by atoms with E-state index in [0.717, 1.165) is 54.4 Å². The van der Waals surface area contributed by atoms with Crippen molar-refractivity contribution in [1.29, 1.82) is 0 Å². The predicted octanol–water partition coefficient (Wildman–Crippen LogP) is 5.27. The van der Waals surface area contributed by atoms with Crippen molar-refractivity contribution in [2.45, 2.75) is 65.4 Å². The lowest BCUT2D eigenvalue weighted by molar-refractivity contribution is 0.143. The van der Waals surface area contributed by atoms with Gasteiger partial charge in [0.15, 0.2) is 0 Å². The van der Waals surface area contributed by atoms with E-state index in [2.05, 4.69) is 65.3 Å². The number of allylic oxidation sites excluding steroid dienone is 2. The van der Waals surface area contributed by atoms with Crippen LogP contribution >= 0.6 is 0 Å². The fraction of sp³-hybridized carbons (Fsp3) is 0.333. The van der Waals surface area contributed by atoms with E-state index in [-0.39, 0.29) is 0 Å². The Morgan fingerprint density at radius 2 is 1.45 bits per heavy atom. The number of nitrogens with zero attached hydrogens (tertiary/aromatic N) is 2. The second-order valence-corrected chi connectivity index (χ2v) is 8.13. The molecule has 0 saturated carbocycles. The zero-order valence-corrected chi connectivity index (χ0v) is 19.9. The first kappa shape index (κ1) is 25.5. The van der Waals surface area contributed by atoms with Crippen LogP contribution in [0.2, 0.25) is 0 Å². The van der Waals surface area contributed by atoms with E-state index in [1.54, 1.807) is 32.3 Å². The number of terminal acetylenes is 1. The number of aromatic nitrogens is 2. The van der Waals surface area contributed by atoms with Gasteiger partial charge >= 0.3 is 0 Å². The molecular formula is C30H30N2O. The summed E-state index contributed by atoms with van der Waals surface area (Å²) in [5.41, 5.74) is 3.94. The van der Waals surface area contributed by atoms with E-state index in [1.165, 1.54) is 0 Å². The van der Waals surface area contributed by atoms with Crippen molar-refractivity contribution in [3.05, 3.63) is 70.3 Å². The van der Waals surface area contributed by atoms with E-state index >= 15 is 0 Å². The standard InChI is InChI=1S/C30H30N2O/c1-6-9-11-27(16-19-29-18-14-25(23-32-29)20-21-30(4,5)33)26(10-7-2)15-12-24-13-17-28(8-3)31-22-24/h3,13-14,17-18,22-23,33H,6-7,9-11H2,1-2,4-5H3/b27-26+. The third-order valence-electron chi connectivity index (χ3n) is 4.53. The van der Waals surface area contributed by atoms with Crippen molar-refractivity contribution < 1.29 is 5.11 Å². The molecule has 0 aliphatic carbocycles. The quantitative estimate of drug-likeness (QED) is 0.652. The fourth-order valence-corrected chi connectivity index (χ4v) is 2.79. The Hall–Kier alpha value is -3.76. The molecule has 0 atom stereocenters. The predicted molar refractivity (Wildman–Crippen MR) is 135 cm³/mol. The van der Waals surface area contributed by atoms with Gasteiger partial charge < -0.3 is 5.11 Å². The second-order valence-electron chi connectivity index (χ2n) is 8.13. The minimum absolute atomic E-state index is 0.601. The average molecular weight is 435 g/mol. The third kappa shape index (κ3) is 9.50. The van der Waals surface area contributed by atoms with Crippen LogP contribution in [0, 0.1) is 47.9 Å². The maximum absolute atomic E-state index is 9.74. The molecule has 166 valence electrons. The normalized spacial score (nSPS) is 10.9. The first-order chi connectivity index (χ1) is 15.8. The number of rotatable bonds is 5. The van der Waals surface area contributed by atoms with Crippen LogP contribution < -0.4 is 0 Å². The summed E-state index contributed by atoms with van der Waals surface area (Å²) >= 11 is 0. The Kier molecular flexibility index (Phi) is 10.00. The molecule has 0 unspecified atom stereocenters. The van der Waals surface area contributed by atoms with Crippen LogP contribution in [0.15, 0.2) is 47.8 Å². The maximum atomic E-state index is 9.74. The zero-order valence-electron chi connectivity index (χ0n) is 19.9. The molecule has 0 spiro atoms. The van der Waals surface area contributed by atoms with Crippen LogP contribution in [0.25, 0.3) is 0 Å². The van der Waals surface area contributed by atoms with Crippen LogP contribution in [0.3, 0.4) is 0 Å². The Bertz CT molecular complexity index is 1190. The smallest absolute Gasteiger partial charge is 0.120 e. The topological polar surface area (TPSA) is 46.0 Å². The average Bonchev–Trinajstić information content (AvgIpc) is 2.81. The molecular weight excluding hydrogens is 404 g/mol. The Labute approximate surface area is 198 Å². The zero-order chi connectivity index (χ0) is 24.1. The highest BCUT2D eigenvalue weighted by molar-refractivity contribution is 5.49. The monoisotopic (exact) mass is 434 g/mol. The van der Waals surface area contributed by atoms with Gasteiger partial charge in [0.05, 0.1) is 0 Å². The van der Waals surface area contributed by atoms with Gasteiger partial charge in [0.1, 0.15) is 17.0 Å². The van der Waals surface area contributed by atoms with E-state index in [1.807, 2.05) is 18.2 Å². The lowest BCUT2D eigenvalue weighted by atomic mass is 9.99. The molecule has 0 saturated heterocycles. The van der Waals surface area contributed by atoms with Gasteiger partial charge in [-0.05, 0) is 63.3 Å². The van der Waals surface area contributed by atoms with Gasteiger partial charge in [-0.15, -0.1) is 6.42 Å². The van der Waals surface area contributed by atoms with E-state index in [0.29, 0.717) is 11.4 Å². The molecule has 2 aromatic rings. The third-order valence-corrected chi connectivity index (χ3v) is 4.53.